The van der Waals surface area contributed by atoms with Gasteiger partial charge in [0.05, 0.1) is 32.2 Å². The first-order valence-corrected chi connectivity index (χ1v) is 11.6. The van der Waals surface area contributed by atoms with Gasteiger partial charge in [-0.3, -0.25) is 24.0 Å². The van der Waals surface area contributed by atoms with Crippen LogP contribution in [0.1, 0.15) is 17.7 Å². The normalized spacial score (nSPS) is 13.3. The van der Waals surface area contributed by atoms with Crippen molar-refractivity contribution in [1.82, 2.24) is 19.7 Å². The number of methoxy groups -OCH3 is 1. The maximum absolute atomic E-state index is 12.6. The summed E-state index contributed by atoms with van der Waals surface area (Å²) in [5.41, 5.74) is 1.94. The van der Waals surface area contributed by atoms with Crippen molar-refractivity contribution < 1.29 is 19.1 Å². The highest BCUT2D eigenvalue weighted by Gasteiger charge is 2.17. The molecule has 0 saturated carbocycles. The van der Waals surface area contributed by atoms with E-state index in [0.29, 0.717) is 60.6 Å². The molecule has 3 heterocycles. The SMILES string of the molecule is COc1ccc(NC(=O)Cn2cc(NC(=O)CCc3c(C)nc(N4CCOCC4)[nH]c3=O)cn2)cc1. The van der Waals surface area contributed by atoms with Crippen LogP contribution in [0.3, 0.4) is 0 Å². The van der Waals surface area contributed by atoms with Gasteiger partial charge in [-0.25, -0.2) is 4.98 Å². The molecule has 0 atom stereocenters. The molecule has 0 bridgehead atoms. The minimum Gasteiger partial charge on any atom is -0.497 e. The van der Waals surface area contributed by atoms with Gasteiger partial charge in [0.15, 0.2) is 0 Å². The van der Waals surface area contributed by atoms with Crippen LogP contribution in [0, 0.1) is 6.92 Å². The van der Waals surface area contributed by atoms with Crippen LogP contribution in [0.5, 0.6) is 5.75 Å². The van der Waals surface area contributed by atoms with E-state index < -0.39 is 0 Å². The van der Waals surface area contributed by atoms with Crippen LogP contribution < -0.4 is 25.8 Å². The zero-order chi connectivity index (χ0) is 25.5. The highest BCUT2D eigenvalue weighted by Crippen LogP contribution is 2.15. The molecular weight excluding hydrogens is 466 g/mol. The number of rotatable bonds is 9. The van der Waals surface area contributed by atoms with Crippen molar-refractivity contribution in [3.8, 4) is 5.75 Å². The third-order valence-corrected chi connectivity index (χ3v) is 5.72. The highest BCUT2D eigenvalue weighted by molar-refractivity contribution is 5.91. The van der Waals surface area contributed by atoms with Gasteiger partial charge in [0.2, 0.25) is 17.8 Å². The predicted molar refractivity (Wildman–Crippen MR) is 133 cm³/mol. The van der Waals surface area contributed by atoms with E-state index in [2.05, 4.69) is 25.7 Å². The summed E-state index contributed by atoms with van der Waals surface area (Å²) < 4.78 is 11.9. The molecule has 1 aromatic carbocycles. The lowest BCUT2D eigenvalue weighted by Gasteiger charge is -2.27. The lowest BCUT2D eigenvalue weighted by atomic mass is 10.1. The quantitative estimate of drug-likeness (QED) is 0.403. The van der Waals surface area contributed by atoms with E-state index in [1.807, 2.05) is 4.90 Å². The Bertz CT molecular complexity index is 1260. The Hall–Kier alpha value is -4.19. The molecule has 12 heteroatoms. The second kappa shape index (κ2) is 11.5. The van der Waals surface area contributed by atoms with Crippen LogP contribution >= 0.6 is 0 Å². The fourth-order valence-corrected chi connectivity index (χ4v) is 3.81. The third-order valence-electron chi connectivity index (χ3n) is 5.72. The summed E-state index contributed by atoms with van der Waals surface area (Å²) in [7, 11) is 1.57. The van der Waals surface area contributed by atoms with Crippen molar-refractivity contribution in [3.05, 3.63) is 58.3 Å². The van der Waals surface area contributed by atoms with Gasteiger partial charge in [0.25, 0.3) is 5.56 Å². The van der Waals surface area contributed by atoms with Gasteiger partial charge in [-0.2, -0.15) is 5.10 Å². The number of nitrogens with one attached hydrogen (secondary N) is 3. The summed E-state index contributed by atoms with van der Waals surface area (Å²) in [6, 6.07) is 6.98. The molecule has 3 N–H and O–H groups in total. The standard InChI is InChI=1S/C24H29N7O5/c1-16-20(23(34)29-24(26-16)30-9-11-36-12-10-30)7-8-21(32)28-18-13-25-31(14-18)15-22(33)27-17-3-5-19(35-2)6-4-17/h3-6,13-14H,7-12,15H2,1-2H3,(H,27,33)(H,28,32)(H,26,29,34). The third kappa shape index (κ3) is 6.48. The van der Waals surface area contributed by atoms with Gasteiger partial charge in [-0.05, 0) is 37.6 Å². The van der Waals surface area contributed by atoms with Gasteiger partial charge in [-0.15, -0.1) is 0 Å². The maximum Gasteiger partial charge on any atom is 0.255 e. The Morgan fingerprint density at radius 1 is 1.11 bits per heavy atom. The molecule has 1 aliphatic rings. The number of benzene rings is 1. The van der Waals surface area contributed by atoms with Gasteiger partial charge in [-0.1, -0.05) is 0 Å². The first-order valence-electron chi connectivity index (χ1n) is 11.6. The van der Waals surface area contributed by atoms with Crippen molar-refractivity contribution in [2.24, 2.45) is 0 Å². The van der Waals surface area contributed by atoms with Crippen molar-refractivity contribution in [2.75, 3.05) is 48.9 Å². The summed E-state index contributed by atoms with van der Waals surface area (Å²) in [5.74, 6) is 0.691. The number of morpholine rings is 1. The molecule has 0 spiro atoms. The van der Waals surface area contributed by atoms with Crippen molar-refractivity contribution in [2.45, 2.75) is 26.3 Å². The number of hydrogen-bond donors (Lipinski definition) is 3. The molecule has 2 amide bonds. The van der Waals surface area contributed by atoms with E-state index in [9.17, 15) is 14.4 Å². The van der Waals surface area contributed by atoms with Crippen LogP contribution in [-0.2, 0) is 27.3 Å². The second-order valence-corrected chi connectivity index (χ2v) is 8.30. The second-order valence-electron chi connectivity index (χ2n) is 8.30. The Morgan fingerprint density at radius 3 is 2.53 bits per heavy atom. The molecule has 4 rings (SSSR count). The number of nitrogens with zero attached hydrogens (tertiary/aromatic N) is 4. The molecule has 1 saturated heterocycles. The minimum absolute atomic E-state index is 0.0162. The number of aromatic nitrogens is 4. The maximum atomic E-state index is 12.6. The molecule has 12 nitrogen and oxygen atoms in total. The Kier molecular flexibility index (Phi) is 7.95. The average molecular weight is 496 g/mol. The van der Waals surface area contributed by atoms with Gasteiger partial charge in [0.1, 0.15) is 12.3 Å². The van der Waals surface area contributed by atoms with Crippen molar-refractivity contribution in [3.63, 3.8) is 0 Å². The number of anilines is 3. The summed E-state index contributed by atoms with van der Waals surface area (Å²) in [4.78, 5) is 46.6. The molecule has 0 unspecified atom stereocenters. The zero-order valence-electron chi connectivity index (χ0n) is 20.2. The highest BCUT2D eigenvalue weighted by atomic mass is 16.5. The largest absolute Gasteiger partial charge is 0.497 e. The Morgan fingerprint density at radius 2 is 1.83 bits per heavy atom. The van der Waals surface area contributed by atoms with E-state index >= 15 is 0 Å². The minimum atomic E-state index is -0.270. The molecule has 0 aliphatic carbocycles. The van der Waals surface area contributed by atoms with Crippen molar-refractivity contribution >= 4 is 29.1 Å². The van der Waals surface area contributed by atoms with Crippen LogP contribution in [0.25, 0.3) is 0 Å². The summed E-state index contributed by atoms with van der Waals surface area (Å²) in [5, 5.41) is 9.64. The number of ether oxygens (including phenoxy) is 2. The number of amides is 2. The first kappa shape index (κ1) is 24.9. The fourth-order valence-electron chi connectivity index (χ4n) is 3.81. The van der Waals surface area contributed by atoms with E-state index in [1.165, 1.54) is 10.9 Å². The Balaban J connectivity index is 1.27. The van der Waals surface area contributed by atoms with E-state index in [4.69, 9.17) is 9.47 Å². The van der Waals surface area contributed by atoms with E-state index in [1.54, 1.807) is 44.5 Å². The summed E-state index contributed by atoms with van der Waals surface area (Å²) in [6.07, 6.45) is 3.39. The number of aryl methyl sites for hydroxylation is 1. The zero-order valence-corrected chi connectivity index (χ0v) is 20.2. The van der Waals surface area contributed by atoms with E-state index in [0.717, 1.165) is 0 Å². The van der Waals surface area contributed by atoms with Crippen molar-refractivity contribution in [1.29, 1.82) is 0 Å². The smallest absolute Gasteiger partial charge is 0.255 e. The van der Waals surface area contributed by atoms with Crippen LogP contribution in [0.2, 0.25) is 0 Å². The summed E-state index contributed by atoms with van der Waals surface area (Å²) in [6.45, 7) is 4.27. The van der Waals surface area contributed by atoms with Crippen LogP contribution in [0.4, 0.5) is 17.3 Å². The average Bonchev–Trinajstić information content (AvgIpc) is 3.30. The predicted octanol–water partition coefficient (Wildman–Crippen LogP) is 1.33. The van der Waals surface area contributed by atoms with Gasteiger partial charge in [0, 0.05) is 42.7 Å². The monoisotopic (exact) mass is 495 g/mol. The molecule has 190 valence electrons. The topological polar surface area (TPSA) is 143 Å². The lowest BCUT2D eigenvalue weighted by molar-refractivity contribution is -0.117. The number of carbonyl (C=O) groups excluding carboxylic acids is 2. The van der Waals surface area contributed by atoms with Crippen LogP contribution in [-0.4, -0.2) is 65.0 Å². The molecule has 1 aliphatic heterocycles. The number of carbonyl (C=O) groups is 2. The van der Waals surface area contributed by atoms with E-state index in [-0.39, 0.29) is 36.8 Å². The molecular formula is C24H29N7O5. The summed E-state index contributed by atoms with van der Waals surface area (Å²) >= 11 is 0. The van der Waals surface area contributed by atoms with Gasteiger partial charge < -0.3 is 25.0 Å². The first-order chi connectivity index (χ1) is 17.4. The molecule has 1 fully saturated rings. The molecule has 3 aromatic rings. The van der Waals surface area contributed by atoms with Gasteiger partial charge >= 0.3 is 0 Å². The molecule has 0 radical (unpaired) electrons. The van der Waals surface area contributed by atoms with Crippen LogP contribution in [0.15, 0.2) is 41.5 Å². The fraction of sp³-hybridized carbons (Fsp3) is 0.375. The molecule has 36 heavy (non-hydrogen) atoms. The Labute approximate surface area is 207 Å². The number of hydrogen-bond acceptors (Lipinski definition) is 8. The number of aromatic amines is 1. The number of H-pyrrole nitrogens is 1. The molecule has 2 aromatic heterocycles. The lowest BCUT2D eigenvalue weighted by Crippen LogP contribution is -2.38.